The lowest BCUT2D eigenvalue weighted by Gasteiger charge is -2.28. The van der Waals surface area contributed by atoms with Crippen molar-refractivity contribution in [1.29, 1.82) is 0 Å². The number of phosphoric acid groups is 1. The molecule has 57 heavy (non-hydrogen) atoms. The average molecular weight is 818 g/mol. The van der Waals surface area contributed by atoms with Gasteiger partial charge in [0.1, 0.15) is 19.3 Å². The summed E-state index contributed by atoms with van der Waals surface area (Å²) in [5, 5.41) is 0. The molecule has 0 aromatic carbocycles. The molecule has 2 atom stereocenters. The summed E-state index contributed by atoms with van der Waals surface area (Å²) in [5.41, 5.74) is 0. The summed E-state index contributed by atoms with van der Waals surface area (Å²) < 4.78 is 34.6. The van der Waals surface area contributed by atoms with Crippen molar-refractivity contribution >= 4 is 13.8 Å². The van der Waals surface area contributed by atoms with Crippen LogP contribution in [0.2, 0.25) is 0 Å². The van der Waals surface area contributed by atoms with Crippen LogP contribution in [0.1, 0.15) is 155 Å². The summed E-state index contributed by atoms with van der Waals surface area (Å²) in [5.74, 6) is -0.361. The molecule has 0 fully saturated rings. The topological polar surface area (TPSA) is 94.1 Å². The fourth-order valence-corrected chi connectivity index (χ4v) is 6.22. The largest absolute Gasteiger partial charge is 0.756 e. The van der Waals surface area contributed by atoms with E-state index in [9.17, 15) is 14.3 Å². The van der Waals surface area contributed by atoms with E-state index < -0.39 is 13.9 Å². The molecule has 0 aliphatic carbocycles. The highest BCUT2D eigenvalue weighted by Gasteiger charge is 2.20. The minimum Gasteiger partial charge on any atom is -0.756 e. The van der Waals surface area contributed by atoms with Crippen molar-refractivity contribution in [2.45, 2.75) is 161 Å². The van der Waals surface area contributed by atoms with E-state index in [2.05, 4.69) is 98.9 Å². The molecule has 0 radical (unpaired) electrons. The molecule has 0 amide bonds. The number of unbranched alkanes of at least 4 members (excludes halogenated alkanes) is 12. The predicted molar refractivity (Wildman–Crippen MR) is 240 cm³/mol. The predicted octanol–water partition coefficient (Wildman–Crippen LogP) is 12.6. The van der Waals surface area contributed by atoms with Crippen molar-refractivity contribution in [2.75, 3.05) is 54.1 Å². The van der Waals surface area contributed by atoms with Crippen LogP contribution < -0.4 is 4.89 Å². The summed E-state index contributed by atoms with van der Waals surface area (Å²) in [6.45, 7) is 5.16. The highest BCUT2D eigenvalue weighted by Crippen LogP contribution is 2.38. The Labute approximate surface area is 350 Å². The van der Waals surface area contributed by atoms with Gasteiger partial charge in [-0.1, -0.05) is 150 Å². The zero-order chi connectivity index (χ0) is 42.0. The van der Waals surface area contributed by atoms with E-state index >= 15 is 0 Å². The van der Waals surface area contributed by atoms with E-state index in [-0.39, 0.29) is 32.2 Å². The van der Waals surface area contributed by atoms with Crippen molar-refractivity contribution in [3.63, 3.8) is 0 Å². The molecule has 0 saturated heterocycles. The molecule has 2 unspecified atom stereocenters. The monoisotopic (exact) mass is 818 g/mol. The van der Waals surface area contributed by atoms with E-state index in [0.717, 1.165) is 109 Å². The van der Waals surface area contributed by atoms with Crippen LogP contribution in [0.15, 0.2) is 85.1 Å². The number of nitrogens with zero attached hydrogens (tertiary/aromatic N) is 1. The summed E-state index contributed by atoms with van der Waals surface area (Å²) >= 11 is 0. The van der Waals surface area contributed by atoms with Crippen molar-refractivity contribution < 1.29 is 37.3 Å². The van der Waals surface area contributed by atoms with E-state index in [1.54, 1.807) is 0 Å². The molecule has 0 N–H and O–H groups in total. The summed E-state index contributed by atoms with van der Waals surface area (Å²) in [7, 11) is 1.32. The third kappa shape index (κ3) is 44.6. The second kappa shape index (κ2) is 40.5. The van der Waals surface area contributed by atoms with Crippen LogP contribution in [0.3, 0.4) is 0 Å². The van der Waals surface area contributed by atoms with E-state index in [1.165, 1.54) is 25.7 Å². The quantitative estimate of drug-likeness (QED) is 0.0200. The highest BCUT2D eigenvalue weighted by atomic mass is 31.2. The number of likely N-dealkylation sites (N-methyl/N-ethyl adjacent to an activating group) is 1. The molecule has 0 spiro atoms. The molecule has 0 bridgehead atoms. The smallest absolute Gasteiger partial charge is 0.306 e. The molecular formula is C48H84NO7P. The molecule has 0 aliphatic rings. The van der Waals surface area contributed by atoms with E-state index in [1.807, 2.05) is 21.1 Å². The number of quaternary nitrogens is 1. The van der Waals surface area contributed by atoms with E-state index in [0.29, 0.717) is 17.6 Å². The fourth-order valence-electron chi connectivity index (χ4n) is 5.49. The van der Waals surface area contributed by atoms with Crippen LogP contribution in [-0.2, 0) is 27.9 Å². The van der Waals surface area contributed by atoms with Gasteiger partial charge in [-0.05, 0) is 83.5 Å². The lowest BCUT2D eigenvalue weighted by Crippen LogP contribution is -2.37. The second-order valence-electron chi connectivity index (χ2n) is 15.7. The van der Waals surface area contributed by atoms with Gasteiger partial charge in [0.25, 0.3) is 7.82 Å². The third-order valence-corrected chi connectivity index (χ3v) is 9.88. The Bertz CT molecular complexity index is 1180. The van der Waals surface area contributed by atoms with Gasteiger partial charge in [-0.15, -0.1) is 0 Å². The molecule has 0 heterocycles. The first kappa shape index (κ1) is 54.7. The maximum atomic E-state index is 12.7. The average Bonchev–Trinajstić information content (AvgIpc) is 3.16. The zero-order valence-electron chi connectivity index (χ0n) is 37.0. The lowest BCUT2D eigenvalue weighted by atomic mass is 10.1. The number of ether oxygens (including phenoxy) is 2. The van der Waals surface area contributed by atoms with Crippen molar-refractivity contribution in [3.8, 4) is 0 Å². The minimum absolute atomic E-state index is 0.0149. The van der Waals surface area contributed by atoms with Crippen molar-refractivity contribution in [1.82, 2.24) is 0 Å². The van der Waals surface area contributed by atoms with Gasteiger partial charge in [0.05, 0.1) is 34.4 Å². The van der Waals surface area contributed by atoms with Crippen LogP contribution in [0.25, 0.3) is 0 Å². The van der Waals surface area contributed by atoms with Crippen LogP contribution in [0.5, 0.6) is 0 Å². The lowest BCUT2D eigenvalue weighted by molar-refractivity contribution is -0.870. The SMILES string of the molecule is CC/C=C\C/C=C\C/C=C\C/C=C\C/C=C\CCCCCCCC(=O)OC(COCCCCCCCC/C=C\C/C=C\CCC)COP(=O)([O-])OCC[N+](C)(C)C. The molecule has 0 saturated carbocycles. The number of carbonyl (C=O) groups excluding carboxylic acids is 1. The maximum Gasteiger partial charge on any atom is 0.306 e. The second-order valence-corrected chi connectivity index (χ2v) is 17.1. The molecule has 0 rings (SSSR count). The number of carbonyl (C=O) groups is 1. The van der Waals surface area contributed by atoms with Gasteiger partial charge in [0.15, 0.2) is 0 Å². The van der Waals surface area contributed by atoms with Gasteiger partial charge >= 0.3 is 5.97 Å². The Balaban J connectivity index is 4.30. The Morgan fingerprint density at radius 2 is 1.02 bits per heavy atom. The number of allylic oxidation sites excluding steroid dienone is 14. The number of hydrogen-bond acceptors (Lipinski definition) is 7. The minimum atomic E-state index is -4.54. The third-order valence-electron chi connectivity index (χ3n) is 8.91. The molecule has 9 heteroatoms. The van der Waals surface area contributed by atoms with Gasteiger partial charge in [-0.25, -0.2) is 0 Å². The molecule has 0 aromatic heterocycles. The first-order valence-electron chi connectivity index (χ1n) is 22.3. The summed E-state index contributed by atoms with van der Waals surface area (Å²) in [6, 6.07) is 0. The number of hydrogen-bond donors (Lipinski definition) is 0. The van der Waals surface area contributed by atoms with Crippen LogP contribution >= 0.6 is 7.82 Å². The van der Waals surface area contributed by atoms with Crippen LogP contribution in [0, 0.1) is 0 Å². The Hall–Kier alpha value is -2.32. The van der Waals surface area contributed by atoms with Crippen LogP contribution in [0.4, 0.5) is 0 Å². The number of rotatable bonds is 40. The Morgan fingerprint density at radius 3 is 1.53 bits per heavy atom. The first-order chi connectivity index (χ1) is 27.6. The first-order valence-corrected chi connectivity index (χ1v) is 23.8. The van der Waals surface area contributed by atoms with Gasteiger partial charge in [-0.2, -0.15) is 0 Å². The van der Waals surface area contributed by atoms with Gasteiger partial charge in [0, 0.05) is 13.0 Å². The molecule has 0 aliphatic heterocycles. The highest BCUT2D eigenvalue weighted by molar-refractivity contribution is 7.45. The number of phosphoric ester groups is 1. The molecule has 8 nitrogen and oxygen atoms in total. The molecule has 328 valence electrons. The molecular weight excluding hydrogens is 734 g/mol. The molecule has 0 aromatic rings. The van der Waals surface area contributed by atoms with Gasteiger partial charge < -0.3 is 27.9 Å². The Morgan fingerprint density at radius 1 is 0.561 bits per heavy atom. The Kier molecular flexibility index (Phi) is 38.8. The number of esters is 1. The maximum absolute atomic E-state index is 12.7. The fraction of sp³-hybridized carbons (Fsp3) is 0.688. The van der Waals surface area contributed by atoms with E-state index in [4.69, 9.17) is 18.5 Å². The standard InChI is InChI=1S/C48H84NO7P/c1-6-8-10-12-14-16-18-20-22-23-24-25-26-27-28-29-31-33-35-37-39-41-48(50)56-47(46-55-57(51,52)54-44-42-49(3,4)5)45-53-43-40-38-36-34-32-30-21-19-17-15-13-11-9-7-2/h8,10-11,13-14,16-17,19-20,22,24-25,27-28,47H,6-7,9,12,15,18,21,23,26,29-46H2,1-5H3/b10-8-,13-11-,16-14-,19-17-,22-20-,25-24-,28-27-. The van der Waals surface area contributed by atoms with Crippen LogP contribution in [-0.4, -0.2) is 70.7 Å². The van der Waals surface area contributed by atoms with Gasteiger partial charge in [-0.3, -0.25) is 9.36 Å². The summed E-state index contributed by atoms with van der Waals surface area (Å²) in [6.07, 6.45) is 53.1. The van der Waals surface area contributed by atoms with Crippen molar-refractivity contribution in [2.24, 2.45) is 0 Å². The van der Waals surface area contributed by atoms with Crippen molar-refractivity contribution in [3.05, 3.63) is 85.1 Å². The normalized spacial score (nSPS) is 14.6. The summed E-state index contributed by atoms with van der Waals surface area (Å²) in [4.78, 5) is 25.1. The zero-order valence-corrected chi connectivity index (χ0v) is 37.9. The van der Waals surface area contributed by atoms with Gasteiger partial charge in [0.2, 0.25) is 0 Å².